The quantitative estimate of drug-likeness (QED) is 0.680. The molecule has 1 aromatic carbocycles. The van der Waals surface area contributed by atoms with E-state index in [1.54, 1.807) is 6.07 Å². The SMILES string of the molecule is CC(=O)ONC(=O)C(Cl)c1ccccc1CCBr. The molecule has 0 fully saturated rings. The van der Waals surface area contributed by atoms with Crippen LogP contribution in [-0.4, -0.2) is 17.2 Å². The minimum atomic E-state index is -0.889. The van der Waals surface area contributed by atoms with Gasteiger partial charge >= 0.3 is 5.97 Å². The summed E-state index contributed by atoms with van der Waals surface area (Å²) in [5, 5.41) is -0.112. The Morgan fingerprint density at radius 3 is 2.72 bits per heavy atom. The van der Waals surface area contributed by atoms with Gasteiger partial charge < -0.3 is 4.84 Å². The predicted molar refractivity (Wildman–Crippen MR) is 72.4 cm³/mol. The maximum Gasteiger partial charge on any atom is 0.329 e. The molecule has 1 N–H and O–H groups in total. The molecule has 1 rings (SSSR count). The Labute approximate surface area is 119 Å². The van der Waals surface area contributed by atoms with Crippen molar-refractivity contribution in [1.29, 1.82) is 0 Å². The van der Waals surface area contributed by atoms with E-state index in [0.29, 0.717) is 5.56 Å². The molecule has 4 nitrogen and oxygen atoms in total. The molecule has 0 aromatic heterocycles. The van der Waals surface area contributed by atoms with E-state index in [1.165, 1.54) is 6.92 Å². The number of alkyl halides is 2. The first-order valence-corrected chi connectivity index (χ1v) is 6.87. The number of hydroxylamine groups is 1. The van der Waals surface area contributed by atoms with Crippen LogP contribution in [-0.2, 0) is 20.8 Å². The van der Waals surface area contributed by atoms with E-state index < -0.39 is 17.3 Å². The summed E-state index contributed by atoms with van der Waals surface area (Å²) in [4.78, 5) is 26.7. The number of hydrogen-bond donors (Lipinski definition) is 1. The summed E-state index contributed by atoms with van der Waals surface area (Å²) in [5.74, 6) is -1.16. The summed E-state index contributed by atoms with van der Waals surface area (Å²) in [6.45, 7) is 1.20. The van der Waals surface area contributed by atoms with Gasteiger partial charge in [0.1, 0.15) is 5.38 Å². The molecule has 98 valence electrons. The van der Waals surface area contributed by atoms with Crippen LogP contribution >= 0.6 is 27.5 Å². The number of rotatable bonds is 4. The second-order valence-electron chi connectivity index (χ2n) is 3.56. The number of carbonyl (C=O) groups excluding carboxylic acids is 2. The molecule has 0 spiro atoms. The minimum absolute atomic E-state index is 0.561. The van der Waals surface area contributed by atoms with Gasteiger partial charge in [0.15, 0.2) is 0 Å². The van der Waals surface area contributed by atoms with Crippen LogP contribution in [0.25, 0.3) is 0 Å². The monoisotopic (exact) mass is 333 g/mol. The van der Waals surface area contributed by atoms with Gasteiger partial charge in [0.25, 0.3) is 5.91 Å². The molecule has 0 heterocycles. The van der Waals surface area contributed by atoms with Crippen LogP contribution in [0, 0.1) is 0 Å². The first-order valence-electron chi connectivity index (χ1n) is 5.31. The van der Waals surface area contributed by atoms with Crippen molar-refractivity contribution in [2.45, 2.75) is 18.7 Å². The molecule has 0 radical (unpaired) electrons. The van der Waals surface area contributed by atoms with Crippen molar-refractivity contribution in [3.8, 4) is 0 Å². The highest BCUT2D eigenvalue weighted by Crippen LogP contribution is 2.25. The topological polar surface area (TPSA) is 55.4 Å². The van der Waals surface area contributed by atoms with Crippen LogP contribution in [0.3, 0.4) is 0 Å². The smallest absolute Gasteiger partial charge is 0.329 e. The largest absolute Gasteiger partial charge is 0.341 e. The Morgan fingerprint density at radius 2 is 2.11 bits per heavy atom. The lowest BCUT2D eigenvalue weighted by Crippen LogP contribution is -2.29. The minimum Gasteiger partial charge on any atom is -0.341 e. The van der Waals surface area contributed by atoms with Gasteiger partial charge in [-0.25, -0.2) is 0 Å². The number of halogens is 2. The molecule has 1 atom stereocenters. The van der Waals surface area contributed by atoms with Crippen molar-refractivity contribution < 1.29 is 14.4 Å². The third kappa shape index (κ3) is 4.31. The van der Waals surface area contributed by atoms with Crippen LogP contribution in [0.15, 0.2) is 24.3 Å². The molecule has 1 amide bonds. The first-order chi connectivity index (χ1) is 8.56. The molecular weight excluding hydrogens is 321 g/mol. The molecule has 1 aromatic rings. The van der Waals surface area contributed by atoms with E-state index in [9.17, 15) is 9.59 Å². The zero-order valence-corrected chi connectivity index (χ0v) is 12.1. The number of aryl methyl sites for hydroxylation is 1. The van der Waals surface area contributed by atoms with Gasteiger partial charge in [-0.1, -0.05) is 40.2 Å². The zero-order chi connectivity index (χ0) is 13.5. The van der Waals surface area contributed by atoms with E-state index in [2.05, 4.69) is 20.8 Å². The van der Waals surface area contributed by atoms with E-state index in [4.69, 9.17) is 11.6 Å². The molecule has 18 heavy (non-hydrogen) atoms. The van der Waals surface area contributed by atoms with Crippen molar-refractivity contribution in [3.63, 3.8) is 0 Å². The lowest BCUT2D eigenvalue weighted by Gasteiger charge is -2.13. The van der Waals surface area contributed by atoms with Crippen LogP contribution in [0.2, 0.25) is 0 Å². The predicted octanol–water partition coefficient (Wildman–Crippen LogP) is 2.50. The third-order valence-electron chi connectivity index (χ3n) is 2.22. The summed E-state index contributed by atoms with van der Waals surface area (Å²) in [7, 11) is 0. The summed E-state index contributed by atoms with van der Waals surface area (Å²) >= 11 is 9.41. The average Bonchev–Trinajstić information content (AvgIpc) is 2.36. The highest BCUT2D eigenvalue weighted by Gasteiger charge is 2.20. The number of carbonyl (C=O) groups is 2. The zero-order valence-electron chi connectivity index (χ0n) is 9.78. The Bertz CT molecular complexity index is 439. The van der Waals surface area contributed by atoms with Gasteiger partial charge in [0.2, 0.25) is 0 Å². The van der Waals surface area contributed by atoms with Crippen LogP contribution in [0.5, 0.6) is 0 Å². The Balaban J connectivity index is 2.79. The summed E-state index contributed by atoms with van der Waals surface area (Å²) in [6, 6.07) is 7.38. The van der Waals surface area contributed by atoms with Crippen molar-refractivity contribution >= 4 is 39.4 Å². The molecule has 0 saturated carbocycles. The van der Waals surface area contributed by atoms with Crippen molar-refractivity contribution in [1.82, 2.24) is 5.48 Å². The van der Waals surface area contributed by atoms with E-state index >= 15 is 0 Å². The molecule has 0 aliphatic carbocycles. The van der Waals surface area contributed by atoms with Crippen molar-refractivity contribution in [3.05, 3.63) is 35.4 Å². The second kappa shape index (κ2) is 7.38. The normalized spacial score (nSPS) is 11.7. The maximum absolute atomic E-state index is 11.7. The molecule has 0 saturated heterocycles. The standard InChI is InChI=1S/C12H13BrClNO3/c1-8(16)18-15-12(17)11(14)10-5-3-2-4-9(10)6-7-13/h2-5,11H,6-7H2,1H3,(H,15,17). The number of amides is 1. The lowest BCUT2D eigenvalue weighted by atomic mass is 10.0. The summed E-state index contributed by atoms with van der Waals surface area (Å²) in [6.07, 6.45) is 0.764. The van der Waals surface area contributed by atoms with Gasteiger partial charge in [-0.05, 0) is 17.5 Å². The fraction of sp³-hybridized carbons (Fsp3) is 0.333. The van der Waals surface area contributed by atoms with Gasteiger partial charge in [-0.3, -0.25) is 9.59 Å². The second-order valence-corrected chi connectivity index (χ2v) is 4.79. The van der Waals surface area contributed by atoms with E-state index in [-0.39, 0.29) is 0 Å². The van der Waals surface area contributed by atoms with Gasteiger partial charge in [0, 0.05) is 12.3 Å². The molecule has 0 aliphatic rings. The van der Waals surface area contributed by atoms with Crippen LogP contribution in [0.4, 0.5) is 0 Å². The number of benzene rings is 1. The Hall–Kier alpha value is -1.07. The number of hydrogen-bond acceptors (Lipinski definition) is 3. The molecule has 0 aliphatic heterocycles. The average molecular weight is 335 g/mol. The first kappa shape index (κ1) is 15.0. The summed E-state index contributed by atoms with van der Waals surface area (Å²) in [5.41, 5.74) is 3.71. The molecular formula is C12H13BrClNO3. The summed E-state index contributed by atoms with van der Waals surface area (Å²) < 4.78 is 0. The molecule has 0 bridgehead atoms. The third-order valence-corrected chi connectivity index (χ3v) is 3.05. The Morgan fingerprint density at radius 1 is 1.44 bits per heavy atom. The van der Waals surface area contributed by atoms with Crippen LogP contribution < -0.4 is 5.48 Å². The van der Waals surface area contributed by atoms with Gasteiger partial charge in [0.05, 0.1) is 0 Å². The molecule has 6 heteroatoms. The maximum atomic E-state index is 11.7. The number of nitrogens with one attached hydrogen (secondary N) is 1. The van der Waals surface area contributed by atoms with E-state index in [1.807, 2.05) is 23.7 Å². The Kier molecular flexibility index (Phi) is 6.15. The highest BCUT2D eigenvalue weighted by molar-refractivity contribution is 9.09. The van der Waals surface area contributed by atoms with Gasteiger partial charge in [-0.15, -0.1) is 11.6 Å². The highest BCUT2D eigenvalue weighted by atomic mass is 79.9. The van der Waals surface area contributed by atoms with Crippen molar-refractivity contribution in [2.24, 2.45) is 0 Å². The lowest BCUT2D eigenvalue weighted by molar-refractivity contribution is -0.156. The van der Waals surface area contributed by atoms with Crippen molar-refractivity contribution in [2.75, 3.05) is 5.33 Å². The molecule has 1 unspecified atom stereocenters. The van der Waals surface area contributed by atoms with E-state index in [0.717, 1.165) is 17.3 Å². The fourth-order valence-electron chi connectivity index (χ4n) is 1.43. The fourth-order valence-corrected chi connectivity index (χ4v) is 2.11. The van der Waals surface area contributed by atoms with Gasteiger partial charge in [-0.2, -0.15) is 5.48 Å². The van der Waals surface area contributed by atoms with Crippen LogP contribution in [0.1, 0.15) is 23.4 Å².